The van der Waals surface area contributed by atoms with E-state index in [9.17, 15) is 31.1 Å². The summed E-state index contributed by atoms with van der Waals surface area (Å²) in [7, 11) is 0. The van der Waals surface area contributed by atoms with Crippen molar-refractivity contribution in [1.29, 1.82) is 0 Å². The molecular formula is C13H8F6N2O2. The average molecular weight is 338 g/mol. The summed E-state index contributed by atoms with van der Waals surface area (Å²) in [6, 6.07) is 3.42. The molecule has 0 radical (unpaired) electrons. The fourth-order valence-electron chi connectivity index (χ4n) is 2.02. The predicted molar refractivity (Wildman–Crippen MR) is 65.3 cm³/mol. The summed E-state index contributed by atoms with van der Waals surface area (Å²) in [4.78, 5) is 11.0. The van der Waals surface area contributed by atoms with Crippen LogP contribution in [0, 0.1) is 6.92 Å². The number of alkyl halides is 6. The maximum Gasteiger partial charge on any atom is 0.436 e. The molecule has 0 aliphatic carbocycles. The quantitative estimate of drug-likeness (QED) is 0.845. The number of halogens is 6. The van der Waals surface area contributed by atoms with E-state index in [0.717, 1.165) is 25.1 Å². The molecule has 0 spiro atoms. The van der Waals surface area contributed by atoms with Crippen LogP contribution >= 0.6 is 0 Å². The van der Waals surface area contributed by atoms with Crippen molar-refractivity contribution in [2.45, 2.75) is 19.3 Å². The van der Waals surface area contributed by atoms with Gasteiger partial charge in [0.1, 0.15) is 5.56 Å². The maximum absolute atomic E-state index is 12.9. The topological polar surface area (TPSA) is 55.1 Å². The molecule has 1 N–H and O–H groups in total. The number of aromatic nitrogens is 2. The molecule has 1 heterocycles. The summed E-state index contributed by atoms with van der Waals surface area (Å²) in [6.45, 7) is 1.03. The number of carboxylic acids is 1. The molecule has 0 bridgehead atoms. The van der Waals surface area contributed by atoms with Gasteiger partial charge in [-0.15, -0.1) is 0 Å². The van der Waals surface area contributed by atoms with Gasteiger partial charge in [-0.2, -0.15) is 31.4 Å². The fourth-order valence-corrected chi connectivity index (χ4v) is 2.02. The minimum absolute atomic E-state index is 0.324. The molecule has 10 heteroatoms. The van der Waals surface area contributed by atoms with E-state index in [0.29, 0.717) is 10.7 Å². The van der Waals surface area contributed by atoms with Crippen LogP contribution in [0.4, 0.5) is 26.3 Å². The van der Waals surface area contributed by atoms with Crippen molar-refractivity contribution in [3.05, 3.63) is 46.8 Å². The molecular weight excluding hydrogens is 330 g/mol. The summed E-state index contributed by atoms with van der Waals surface area (Å²) in [5.74, 6) is -1.87. The Morgan fingerprint density at radius 3 is 2.17 bits per heavy atom. The summed E-state index contributed by atoms with van der Waals surface area (Å²) in [6.07, 6.45) is -9.75. The highest BCUT2D eigenvalue weighted by atomic mass is 19.4. The van der Waals surface area contributed by atoms with E-state index in [1.54, 1.807) is 0 Å². The monoisotopic (exact) mass is 338 g/mol. The standard InChI is InChI=1S/C13H8F6N2O2/c1-6-9(11(22)23)10(13(17,18)19)20-21(6)8-4-2-3-7(5-8)12(14,15)16/h2-5H,1H3,(H,22,23). The average Bonchev–Trinajstić information content (AvgIpc) is 2.75. The van der Waals surface area contributed by atoms with Gasteiger partial charge >= 0.3 is 18.3 Å². The van der Waals surface area contributed by atoms with Gasteiger partial charge in [-0.05, 0) is 25.1 Å². The van der Waals surface area contributed by atoms with Crippen molar-refractivity contribution in [2.75, 3.05) is 0 Å². The smallest absolute Gasteiger partial charge is 0.436 e. The summed E-state index contributed by atoms with van der Waals surface area (Å²) < 4.78 is 77.2. The molecule has 23 heavy (non-hydrogen) atoms. The first-order chi connectivity index (χ1) is 10.4. The molecule has 1 aromatic carbocycles. The highest BCUT2D eigenvalue weighted by molar-refractivity contribution is 5.90. The molecule has 2 aromatic rings. The van der Waals surface area contributed by atoms with Gasteiger partial charge in [0.15, 0.2) is 5.69 Å². The lowest BCUT2D eigenvalue weighted by molar-refractivity contribution is -0.142. The second-order valence-corrected chi connectivity index (χ2v) is 4.57. The van der Waals surface area contributed by atoms with Crippen LogP contribution in [0.2, 0.25) is 0 Å². The number of hydrogen-bond donors (Lipinski definition) is 1. The van der Waals surface area contributed by atoms with Crippen molar-refractivity contribution < 1.29 is 36.2 Å². The third-order valence-electron chi connectivity index (χ3n) is 3.02. The molecule has 0 fully saturated rings. The Kier molecular flexibility index (Phi) is 3.87. The molecule has 0 saturated heterocycles. The zero-order valence-electron chi connectivity index (χ0n) is 11.3. The van der Waals surface area contributed by atoms with Crippen LogP contribution in [0.25, 0.3) is 5.69 Å². The van der Waals surface area contributed by atoms with Gasteiger partial charge in [-0.3, -0.25) is 0 Å². The lowest BCUT2D eigenvalue weighted by Crippen LogP contribution is -2.12. The summed E-state index contributed by atoms with van der Waals surface area (Å²) >= 11 is 0. The van der Waals surface area contributed by atoms with Gasteiger partial charge < -0.3 is 5.11 Å². The fraction of sp³-hybridized carbons (Fsp3) is 0.231. The highest BCUT2D eigenvalue weighted by Gasteiger charge is 2.41. The van der Waals surface area contributed by atoms with Gasteiger partial charge in [0.05, 0.1) is 16.9 Å². The first-order valence-corrected chi connectivity index (χ1v) is 6.00. The third-order valence-corrected chi connectivity index (χ3v) is 3.02. The van der Waals surface area contributed by atoms with Crippen LogP contribution in [0.5, 0.6) is 0 Å². The van der Waals surface area contributed by atoms with Crippen LogP contribution in [-0.2, 0) is 12.4 Å². The first-order valence-electron chi connectivity index (χ1n) is 6.00. The zero-order chi connectivity index (χ0) is 17.6. The second-order valence-electron chi connectivity index (χ2n) is 4.57. The van der Waals surface area contributed by atoms with Crippen LogP contribution in [0.3, 0.4) is 0 Å². The number of carboxylic acid groups (broad SMARTS) is 1. The number of aromatic carboxylic acids is 1. The number of nitrogens with zero attached hydrogens (tertiary/aromatic N) is 2. The molecule has 2 rings (SSSR count). The Hall–Kier alpha value is -2.52. The molecule has 0 aliphatic heterocycles. The lowest BCUT2D eigenvalue weighted by atomic mass is 10.1. The van der Waals surface area contributed by atoms with Crippen LogP contribution in [0.1, 0.15) is 27.3 Å². The molecule has 0 aliphatic rings. The van der Waals surface area contributed by atoms with Crippen LogP contribution in [0.15, 0.2) is 24.3 Å². The zero-order valence-corrected chi connectivity index (χ0v) is 11.3. The van der Waals surface area contributed by atoms with E-state index in [2.05, 4.69) is 5.10 Å². The van der Waals surface area contributed by atoms with Crippen molar-refractivity contribution in [3.8, 4) is 5.69 Å². The Balaban J connectivity index is 2.69. The molecule has 1 aromatic heterocycles. The molecule has 0 saturated carbocycles. The first kappa shape index (κ1) is 16.8. The van der Waals surface area contributed by atoms with E-state index in [1.807, 2.05) is 0 Å². The van der Waals surface area contributed by atoms with E-state index < -0.39 is 40.8 Å². The van der Waals surface area contributed by atoms with Crippen molar-refractivity contribution in [1.82, 2.24) is 9.78 Å². The Labute approximate surface area is 125 Å². The maximum atomic E-state index is 12.9. The van der Waals surface area contributed by atoms with Crippen LogP contribution in [-0.4, -0.2) is 20.9 Å². The number of benzene rings is 1. The van der Waals surface area contributed by atoms with Gasteiger partial charge in [0.2, 0.25) is 0 Å². The number of rotatable bonds is 2. The number of hydrogen-bond acceptors (Lipinski definition) is 2. The SMILES string of the molecule is Cc1c(C(=O)O)c(C(F)(F)F)nn1-c1cccc(C(F)(F)F)c1. The minimum atomic E-state index is -5.05. The van der Waals surface area contributed by atoms with Gasteiger partial charge in [0.25, 0.3) is 0 Å². The van der Waals surface area contributed by atoms with E-state index >= 15 is 0 Å². The largest absolute Gasteiger partial charge is 0.478 e. The minimum Gasteiger partial charge on any atom is -0.478 e. The molecule has 0 atom stereocenters. The van der Waals surface area contributed by atoms with Crippen LogP contribution < -0.4 is 0 Å². The van der Waals surface area contributed by atoms with Gasteiger partial charge in [0, 0.05) is 0 Å². The molecule has 124 valence electrons. The van der Waals surface area contributed by atoms with E-state index in [-0.39, 0.29) is 5.69 Å². The highest BCUT2D eigenvalue weighted by Crippen LogP contribution is 2.34. The Morgan fingerprint density at radius 1 is 1.13 bits per heavy atom. The molecule has 0 amide bonds. The summed E-state index contributed by atoms with van der Waals surface area (Å²) in [5.41, 5.74) is -4.61. The predicted octanol–water partition coefficient (Wildman–Crippen LogP) is 3.92. The van der Waals surface area contributed by atoms with Gasteiger partial charge in [-0.1, -0.05) is 6.07 Å². The second kappa shape index (κ2) is 5.28. The Morgan fingerprint density at radius 2 is 1.74 bits per heavy atom. The summed E-state index contributed by atoms with van der Waals surface area (Å²) in [5, 5.41) is 12.1. The lowest BCUT2D eigenvalue weighted by Gasteiger charge is -2.10. The van der Waals surface area contributed by atoms with E-state index in [1.165, 1.54) is 0 Å². The van der Waals surface area contributed by atoms with Crippen molar-refractivity contribution >= 4 is 5.97 Å². The molecule has 4 nitrogen and oxygen atoms in total. The van der Waals surface area contributed by atoms with Crippen molar-refractivity contribution in [2.24, 2.45) is 0 Å². The van der Waals surface area contributed by atoms with Crippen molar-refractivity contribution in [3.63, 3.8) is 0 Å². The number of carbonyl (C=O) groups is 1. The third kappa shape index (κ3) is 3.15. The van der Waals surface area contributed by atoms with E-state index in [4.69, 9.17) is 5.11 Å². The molecule has 0 unspecified atom stereocenters. The normalized spacial score (nSPS) is 12.5. The Bertz CT molecular complexity index is 761. The van der Waals surface area contributed by atoms with Gasteiger partial charge in [-0.25, -0.2) is 9.48 Å².